The third-order valence-electron chi connectivity index (χ3n) is 4.95. The van der Waals surface area contributed by atoms with Crippen LogP contribution >= 0.6 is 0 Å². The van der Waals surface area contributed by atoms with E-state index in [-0.39, 0.29) is 4.90 Å². The Morgan fingerprint density at radius 1 is 0.828 bits per heavy atom. The van der Waals surface area contributed by atoms with Crippen LogP contribution in [0, 0.1) is 6.92 Å². The SMILES string of the molecule is Cc1ccc(S(=O)(=O)Nc2ccc3cc4ccc5ncccc5c4nc3c2)cc1. The molecule has 0 fully saturated rings. The molecule has 6 heteroatoms. The highest BCUT2D eigenvalue weighted by atomic mass is 32.2. The molecule has 5 aromatic rings. The average Bonchev–Trinajstić information content (AvgIpc) is 2.72. The molecular weight excluding hydrogens is 382 g/mol. The van der Waals surface area contributed by atoms with Crippen molar-refractivity contribution in [1.29, 1.82) is 0 Å². The van der Waals surface area contributed by atoms with E-state index in [0.29, 0.717) is 5.69 Å². The number of pyridine rings is 2. The van der Waals surface area contributed by atoms with Crippen LogP contribution in [-0.2, 0) is 10.0 Å². The van der Waals surface area contributed by atoms with Crippen LogP contribution in [0.1, 0.15) is 5.56 Å². The van der Waals surface area contributed by atoms with Gasteiger partial charge in [0.1, 0.15) is 0 Å². The van der Waals surface area contributed by atoms with E-state index < -0.39 is 10.0 Å². The third-order valence-corrected chi connectivity index (χ3v) is 6.34. The summed E-state index contributed by atoms with van der Waals surface area (Å²) in [7, 11) is -3.66. The number of hydrogen-bond acceptors (Lipinski definition) is 4. The first-order valence-corrected chi connectivity index (χ1v) is 10.7. The second-order valence-electron chi connectivity index (χ2n) is 7.02. The van der Waals surface area contributed by atoms with Gasteiger partial charge in [-0.1, -0.05) is 29.8 Å². The van der Waals surface area contributed by atoms with Gasteiger partial charge in [-0.05, 0) is 55.5 Å². The van der Waals surface area contributed by atoms with Gasteiger partial charge in [0.25, 0.3) is 10.0 Å². The van der Waals surface area contributed by atoms with Crippen LogP contribution in [-0.4, -0.2) is 18.4 Å². The van der Waals surface area contributed by atoms with Crippen LogP contribution in [0.4, 0.5) is 5.69 Å². The molecule has 0 radical (unpaired) electrons. The molecule has 29 heavy (non-hydrogen) atoms. The molecule has 0 bridgehead atoms. The van der Waals surface area contributed by atoms with E-state index in [4.69, 9.17) is 4.98 Å². The number of fused-ring (bicyclic) bond motifs is 4. The van der Waals surface area contributed by atoms with Crippen LogP contribution in [0.15, 0.2) is 83.9 Å². The van der Waals surface area contributed by atoms with Gasteiger partial charge in [0.2, 0.25) is 0 Å². The maximum atomic E-state index is 12.7. The fourth-order valence-electron chi connectivity index (χ4n) is 3.44. The van der Waals surface area contributed by atoms with Crippen LogP contribution in [0.5, 0.6) is 0 Å². The molecule has 0 unspecified atom stereocenters. The molecule has 0 amide bonds. The van der Waals surface area contributed by atoms with Crippen molar-refractivity contribution in [3.63, 3.8) is 0 Å². The van der Waals surface area contributed by atoms with E-state index >= 15 is 0 Å². The highest BCUT2D eigenvalue weighted by Crippen LogP contribution is 2.28. The van der Waals surface area contributed by atoms with E-state index in [1.165, 1.54) is 0 Å². The molecule has 0 atom stereocenters. The van der Waals surface area contributed by atoms with Crippen LogP contribution < -0.4 is 4.72 Å². The topological polar surface area (TPSA) is 72.0 Å². The largest absolute Gasteiger partial charge is 0.280 e. The Bertz CT molecular complexity index is 1490. The number of aromatic nitrogens is 2. The van der Waals surface area contributed by atoms with Gasteiger partial charge in [-0.2, -0.15) is 0 Å². The Balaban J connectivity index is 1.61. The Morgan fingerprint density at radius 2 is 1.62 bits per heavy atom. The lowest BCUT2D eigenvalue weighted by Crippen LogP contribution is -2.12. The molecule has 2 aromatic heterocycles. The van der Waals surface area contributed by atoms with Gasteiger partial charge in [0.05, 0.1) is 27.1 Å². The first-order valence-electron chi connectivity index (χ1n) is 9.17. The first kappa shape index (κ1) is 17.6. The van der Waals surface area contributed by atoms with Gasteiger partial charge in [-0.3, -0.25) is 9.71 Å². The molecular formula is C23H17N3O2S. The van der Waals surface area contributed by atoms with Crippen LogP contribution in [0.3, 0.4) is 0 Å². The normalized spacial score (nSPS) is 11.9. The summed E-state index contributed by atoms with van der Waals surface area (Å²) < 4.78 is 28.0. The highest BCUT2D eigenvalue weighted by Gasteiger charge is 2.14. The molecule has 0 aliphatic rings. The van der Waals surface area contributed by atoms with Crippen molar-refractivity contribution in [2.75, 3.05) is 4.72 Å². The number of nitrogens with zero attached hydrogens (tertiary/aromatic N) is 2. The van der Waals surface area contributed by atoms with Crippen LogP contribution in [0.2, 0.25) is 0 Å². The number of hydrogen-bond donors (Lipinski definition) is 1. The number of nitrogens with one attached hydrogen (secondary N) is 1. The maximum absolute atomic E-state index is 12.7. The van der Waals surface area contributed by atoms with Gasteiger partial charge in [0.15, 0.2) is 0 Å². The van der Waals surface area contributed by atoms with Crippen molar-refractivity contribution >= 4 is 48.4 Å². The second kappa shape index (κ2) is 6.53. The molecule has 5 rings (SSSR count). The van der Waals surface area contributed by atoms with Crippen molar-refractivity contribution in [3.05, 3.63) is 84.6 Å². The highest BCUT2D eigenvalue weighted by molar-refractivity contribution is 7.92. The Morgan fingerprint density at radius 3 is 2.45 bits per heavy atom. The quantitative estimate of drug-likeness (QED) is 0.341. The van der Waals surface area contributed by atoms with Crippen molar-refractivity contribution in [3.8, 4) is 0 Å². The first-order chi connectivity index (χ1) is 14.0. The molecule has 0 spiro atoms. The summed E-state index contributed by atoms with van der Waals surface area (Å²) in [5, 5.41) is 2.93. The predicted molar refractivity (Wildman–Crippen MR) is 117 cm³/mol. The van der Waals surface area contributed by atoms with Crippen molar-refractivity contribution in [2.24, 2.45) is 0 Å². The summed E-state index contributed by atoms with van der Waals surface area (Å²) in [5.41, 5.74) is 3.93. The lowest BCUT2D eigenvalue weighted by Gasteiger charge is -2.10. The maximum Gasteiger partial charge on any atom is 0.261 e. The summed E-state index contributed by atoms with van der Waals surface area (Å²) in [4.78, 5) is 9.42. The zero-order valence-corrected chi connectivity index (χ0v) is 16.4. The molecule has 2 heterocycles. The number of anilines is 1. The summed E-state index contributed by atoms with van der Waals surface area (Å²) in [5.74, 6) is 0. The van der Waals surface area contributed by atoms with E-state index in [2.05, 4.69) is 15.8 Å². The fourth-order valence-corrected chi connectivity index (χ4v) is 4.49. The number of sulfonamides is 1. The minimum Gasteiger partial charge on any atom is -0.280 e. The monoisotopic (exact) mass is 399 g/mol. The molecule has 142 valence electrons. The van der Waals surface area contributed by atoms with Crippen molar-refractivity contribution < 1.29 is 8.42 Å². The summed E-state index contributed by atoms with van der Waals surface area (Å²) in [6.45, 7) is 1.92. The summed E-state index contributed by atoms with van der Waals surface area (Å²) in [6.07, 6.45) is 1.76. The van der Waals surface area contributed by atoms with Gasteiger partial charge in [0, 0.05) is 22.4 Å². The molecule has 0 saturated carbocycles. The van der Waals surface area contributed by atoms with Crippen LogP contribution in [0.25, 0.3) is 32.7 Å². The fraction of sp³-hybridized carbons (Fsp3) is 0.0435. The lowest BCUT2D eigenvalue weighted by atomic mass is 10.1. The predicted octanol–water partition coefficient (Wildman–Crippen LogP) is 5.05. The van der Waals surface area contributed by atoms with Crippen molar-refractivity contribution in [2.45, 2.75) is 11.8 Å². The number of benzene rings is 3. The number of rotatable bonds is 3. The number of aryl methyl sites for hydroxylation is 1. The van der Waals surface area contributed by atoms with E-state index in [9.17, 15) is 8.42 Å². The molecule has 1 N–H and O–H groups in total. The average molecular weight is 399 g/mol. The third kappa shape index (κ3) is 3.17. The molecule has 3 aromatic carbocycles. The molecule has 5 nitrogen and oxygen atoms in total. The summed E-state index contributed by atoms with van der Waals surface area (Å²) in [6, 6.07) is 22.1. The molecule has 0 aliphatic carbocycles. The lowest BCUT2D eigenvalue weighted by molar-refractivity contribution is 0.601. The van der Waals surface area contributed by atoms with E-state index in [1.54, 1.807) is 42.6 Å². The van der Waals surface area contributed by atoms with E-state index in [0.717, 1.165) is 38.3 Å². The Kier molecular flexibility index (Phi) is 3.96. The van der Waals surface area contributed by atoms with E-state index in [1.807, 2.05) is 37.3 Å². The minimum atomic E-state index is -3.66. The zero-order chi connectivity index (χ0) is 20.0. The molecule has 0 saturated heterocycles. The minimum absolute atomic E-state index is 0.228. The molecule has 0 aliphatic heterocycles. The van der Waals surface area contributed by atoms with Gasteiger partial charge >= 0.3 is 0 Å². The summed E-state index contributed by atoms with van der Waals surface area (Å²) >= 11 is 0. The van der Waals surface area contributed by atoms with Gasteiger partial charge < -0.3 is 0 Å². The Labute approximate surface area is 168 Å². The standard InChI is InChI=1S/C23H17N3O2S/c1-15-4-9-19(10-5-15)29(27,28)26-18-8-6-16-13-17-7-11-21-20(3-2-12-24-21)23(17)25-22(16)14-18/h2-14,26H,1H3. The van der Waals surface area contributed by atoms with Gasteiger partial charge in [-0.25, -0.2) is 13.4 Å². The van der Waals surface area contributed by atoms with Crippen molar-refractivity contribution in [1.82, 2.24) is 9.97 Å². The second-order valence-corrected chi connectivity index (χ2v) is 8.70. The van der Waals surface area contributed by atoms with Gasteiger partial charge in [-0.15, -0.1) is 0 Å². The zero-order valence-electron chi connectivity index (χ0n) is 15.6. The smallest absolute Gasteiger partial charge is 0.261 e. The Hall–Kier alpha value is -3.51.